The normalized spacial score (nSPS) is 16.0. The highest BCUT2D eigenvalue weighted by Crippen LogP contribution is 2.56. The zero-order chi connectivity index (χ0) is 14.2. The van der Waals surface area contributed by atoms with Gasteiger partial charge in [0.15, 0.2) is 11.5 Å². The number of rotatable bonds is 5. The summed E-state index contributed by atoms with van der Waals surface area (Å²) < 4.78 is 10.9. The topological polar surface area (TPSA) is 55.8 Å². The molecule has 0 spiro atoms. The number of methoxy groups -OCH3 is 2. The zero-order valence-corrected chi connectivity index (χ0v) is 11.9. The number of ether oxygens (including phenoxy) is 2. The van der Waals surface area contributed by atoms with Crippen LogP contribution in [0.3, 0.4) is 0 Å². The Kier molecular flexibility index (Phi) is 3.43. The SMILES string of the molecule is COc1c(C2(CC(=O)O)CC2)cc(C)c(C)c1OC. The minimum Gasteiger partial charge on any atom is -0.493 e. The van der Waals surface area contributed by atoms with Crippen molar-refractivity contribution in [2.75, 3.05) is 14.2 Å². The van der Waals surface area contributed by atoms with Crippen LogP contribution in [0.25, 0.3) is 0 Å². The lowest BCUT2D eigenvalue weighted by Crippen LogP contribution is -2.15. The van der Waals surface area contributed by atoms with Crippen molar-refractivity contribution >= 4 is 5.97 Å². The van der Waals surface area contributed by atoms with Gasteiger partial charge in [0.25, 0.3) is 0 Å². The van der Waals surface area contributed by atoms with Crippen LogP contribution in [-0.4, -0.2) is 25.3 Å². The second-order valence-corrected chi connectivity index (χ2v) is 5.28. The van der Waals surface area contributed by atoms with Crippen molar-refractivity contribution in [1.82, 2.24) is 0 Å². The number of carboxylic acid groups (broad SMARTS) is 1. The predicted octanol–water partition coefficient (Wildman–Crippen LogP) is 2.83. The lowest BCUT2D eigenvalue weighted by Gasteiger charge is -2.22. The van der Waals surface area contributed by atoms with Gasteiger partial charge in [0, 0.05) is 11.0 Å². The summed E-state index contributed by atoms with van der Waals surface area (Å²) in [6, 6.07) is 2.05. The molecule has 0 unspecified atom stereocenters. The van der Waals surface area contributed by atoms with Gasteiger partial charge in [-0.2, -0.15) is 0 Å². The summed E-state index contributed by atoms with van der Waals surface area (Å²) in [6.07, 6.45) is 1.93. The van der Waals surface area contributed by atoms with Crippen molar-refractivity contribution in [3.05, 3.63) is 22.8 Å². The highest BCUT2D eigenvalue weighted by Gasteiger charge is 2.48. The fourth-order valence-electron chi connectivity index (χ4n) is 2.69. The summed E-state index contributed by atoms with van der Waals surface area (Å²) >= 11 is 0. The van der Waals surface area contributed by atoms with Crippen LogP contribution in [0.1, 0.15) is 36.0 Å². The molecular weight excluding hydrogens is 244 g/mol. The summed E-state index contributed by atoms with van der Waals surface area (Å²) in [5.41, 5.74) is 2.83. The number of hydrogen-bond donors (Lipinski definition) is 1. The first kappa shape index (κ1) is 13.7. The van der Waals surface area contributed by atoms with Crippen LogP contribution in [-0.2, 0) is 10.2 Å². The van der Waals surface area contributed by atoms with E-state index in [1.807, 2.05) is 19.9 Å². The van der Waals surface area contributed by atoms with Crippen LogP contribution in [0.2, 0.25) is 0 Å². The third-order valence-corrected chi connectivity index (χ3v) is 4.07. The van der Waals surface area contributed by atoms with E-state index in [-0.39, 0.29) is 11.8 Å². The summed E-state index contributed by atoms with van der Waals surface area (Å²) in [5, 5.41) is 9.09. The highest BCUT2D eigenvalue weighted by atomic mass is 16.5. The average Bonchev–Trinajstić information content (AvgIpc) is 3.11. The average molecular weight is 264 g/mol. The molecule has 1 aromatic rings. The van der Waals surface area contributed by atoms with E-state index in [2.05, 4.69) is 0 Å². The van der Waals surface area contributed by atoms with Crippen molar-refractivity contribution < 1.29 is 19.4 Å². The number of benzene rings is 1. The predicted molar refractivity (Wildman–Crippen MR) is 72.2 cm³/mol. The number of carbonyl (C=O) groups is 1. The van der Waals surface area contributed by atoms with E-state index in [1.165, 1.54) is 0 Å². The molecule has 1 N–H and O–H groups in total. The van der Waals surface area contributed by atoms with Crippen LogP contribution < -0.4 is 9.47 Å². The van der Waals surface area contributed by atoms with Crippen LogP contribution >= 0.6 is 0 Å². The molecule has 0 aromatic heterocycles. The molecule has 0 bridgehead atoms. The van der Waals surface area contributed by atoms with Gasteiger partial charge in [0.2, 0.25) is 0 Å². The molecule has 0 atom stereocenters. The van der Waals surface area contributed by atoms with E-state index in [0.29, 0.717) is 11.5 Å². The van der Waals surface area contributed by atoms with Gasteiger partial charge in [-0.1, -0.05) is 6.07 Å². The molecule has 19 heavy (non-hydrogen) atoms. The van der Waals surface area contributed by atoms with Crippen LogP contribution in [0.5, 0.6) is 11.5 Å². The fourth-order valence-corrected chi connectivity index (χ4v) is 2.69. The van der Waals surface area contributed by atoms with E-state index < -0.39 is 5.97 Å². The monoisotopic (exact) mass is 264 g/mol. The molecule has 104 valence electrons. The third kappa shape index (κ3) is 2.27. The molecule has 0 saturated heterocycles. The van der Waals surface area contributed by atoms with Gasteiger partial charge in [-0.3, -0.25) is 4.79 Å². The van der Waals surface area contributed by atoms with Crippen molar-refractivity contribution in [1.29, 1.82) is 0 Å². The smallest absolute Gasteiger partial charge is 0.304 e. The van der Waals surface area contributed by atoms with Gasteiger partial charge in [-0.25, -0.2) is 0 Å². The Bertz CT molecular complexity index is 515. The molecule has 0 aliphatic heterocycles. The van der Waals surface area contributed by atoms with Gasteiger partial charge >= 0.3 is 5.97 Å². The maximum absolute atomic E-state index is 11.1. The molecule has 0 amide bonds. The first-order chi connectivity index (χ1) is 8.95. The third-order valence-electron chi connectivity index (χ3n) is 4.07. The number of aryl methyl sites for hydroxylation is 1. The Morgan fingerprint density at radius 1 is 1.26 bits per heavy atom. The molecule has 4 heteroatoms. The largest absolute Gasteiger partial charge is 0.493 e. The van der Waals surface area contributed by atoms with E-state index in [1.54, 1.807) is 14.2 Å². The maximum atomic E-state index is 11.1. The molecular formula is C15H20O4. The number of aliphatic carboxylic acids is 1. The van der Waals surface area contributed by atoms with Gasteiger partial charge in [-0.05, 0) is 37.8 Å². The van der Waals surface area contributed by atoms with Gasteiger partial charge < -0.3 is 14.6 Å². The molecule has 4 nitrogen and oxygen atoms in total. The van der Waals surface area contributed by atoms with Gasteiger partial charge in [0.1, 0.15) is 0 Å². The van der Waals surface area contributed by atoms with Crippen LogP contribution in [0.4, 0.5) is 0 Å². The van der Waals surface area contributed by atoms with Crippen LogP contribution in [0, 0.1) is 13.8 Å². The standard InChI is InChI=1S/C15H20O4/c1-9-7-11(15(5-6-15)8-12(16)17)14(19-4)13(18-3)10(9)2/h7H,5-6,8H2,1-4H3,(H,16,17). The maximum Gasteiger partial charge on any atom is 0.304 e. The number of carboxylic acids is 1. The Labute approximate surface area is 113 Å². The van der Waals surface area contributed by atoms with Crippen molar-refractivity contribution in [3.63, 3.8) is 0 Å². The Hall–Kier alpha value is -1.71. The van der Waals surface area contributed by atoms with E-state index in [4.69, 9.17) is 14.6 Å². The summed E-state index contributed by atoms with van der Waals surface area (Å²) in [6.45, 7) is 3.99. The first-order valence-corrected chi connectivity index (χ1v) is 6.39. The molecule has 0 heterocycles. The summed E-state index contributed by atoms with van der Waals surface area (Å²) in [5.74, 6) is 0.635. The zero-order valence-electron chi connectivity index (χ0n) is 11.9. The Morgan fingerprint density at radius 2 is 1.84 bits per heavy atom. The van der Waals surface area contributed by atoms with Gasteiger partial charge in [0.05, 0.1) is 20.6 Å². The van der Waals surface area contributed by atoms with Crippen LogP contribution in [0.15, 0.2) is 6.07 Å². The number of hydrogen-bond acceptors (Lipinski definition) is 3. The van der Waals surface area contributed by atoms with E-state index in [9.17, 15) is 4.79 Å². The molecule has 1 fully saturated rings. The first-order valence-electron chi connectivity index (χ1n) is 6.39. The molecule has 1 aromatic carbocycles. The minimum absolute atomic E-state index is 0.148. The Balaban J connectivity index is 2.57. The molecule has 1 aliphatic carbocycles. The summed E-state index contributed by atoms with van der Waals surface area (Å²) in [4.78, 5) is 11.1. The fraction of sp³-hybridized carbons (Fsp3) is 0.533. The Morgan fingerprint density at radius 3 is 2.26 bits per heavy atom. The lowest BCUT2D eigenvalue weighted by molar-refractivity contribution is -0.137. The van der Waals surface area contributed by atoms with Gasteiger partial charge in [-0.15, -0.1) is 0 Å². The van der Waals surface area contributed by atoms with E-state index >= 15 is 0 Å². The quantitative estimate of drug-likeness (QED) is 0.888. The minimum atomic E-state index is -0.767. The molecule has 0 radical (unpaired) electrons. The van der Waals surface area contributed by atoms with E-state index in [0.717, 1.165) is 29.5 Å². The molecule has 1 saturated carbocycles. The highest BCUT2D eigenvalue weighted by molar-refractivity contribution is 5.71. The van der Waals surface area contributed by atoms with Crippen molar-refractivity contribution in [2.24, 2.45) is 0 Å². The molecule has 2 rings (SSSR count). The lowest BCUT2D eigenvalue weighted by atomic mass is 9.88. The van der Waals surface area contributed by atoms with Crippen molar-refractivity contribution in [2.45, 2.75) is 38.5 Å². The van der Waals surface area contributed by atoms with Crippen molar-refractivity contribution in [3.8, 4) is 11.5 Å². The second-order valence-electron chi connectivity index (χ2n) is 5.28. The summed E-state index contributed by atoms with van der Waals surface area (Å²) in [7, 11) is 3.22. The molecule has 1 aliphatic rings. The second kappa shape index (κ2) is 4.76.